The summed E-state index contributed by atoms with van der Waals surface area (Å²) in [6, 6.07) is 3.37. The molecule has 18 heavy (non-hydrogen) atoms. The number of carboxylic acid groups (broad SMARTS) is 2. The van der Waals surface area contributed by atoms with Crippen LogP contribution in [0.5, 0.6) is 0 Å². The molecule has 1 amide bonds. The van der Waals surface area contributed by atoms with Gasteiger partial charge in [0.2, 0.25) is 0 Å². The zero-order valence-electron chi connectivity index (χ0n) is 9.56. The van der Waals surface area contributed by atoms with Crippen molar-refractivity contribution < 1.29 is 24.6 Å². The van der Waals surface area contributed by atoms with Crippen molar-refractivity contribution in [2.75, 3.05) is 5.32 Å². The van der Waals surface area contributed by atoms with Gasteiger partial charge in [0.25, 0.3) is 5.91 Å². The van der Waals surface area contributed by atoms with E-state index < -0.39 is 17.8 Å². The van der Waals surface area contributed by atoms with Crippen LogP contribution in [0.3, 0.4) is 0 Å². The number of nitrogens with one attached hydrogen (secondary N) is 1. The molecule has 0 aromatic heterocycles. The lowest BCUT2D eigenvalue weighted by atomic mass is 10.1. The van der Waals surface area contributed by atoms with Crippen LogP contribution in [0.4, 0.5) is 5.69 Å². The van der Waals surface area contributed by atoms with Gasteiger partial charge in [0.1, 0.15) is 0 Å². The average molecular weight is 249 g/mol. The summed E-state index contributed by atoms with van der Waals surface area (Å²) in [5, 5.41) is 20.0. The molecule has 0 fully saturated rings. The minimum absolute atomic E-state index is 0.0737. The van der Waals surface area contributed by atoms with Gasteiger partial charge in [0.15, 0.2) is 0 Å². The highest BCUT2D eigenvalue weighted by atomic mass is 16.4. The number of anilines is 1. The smallest absolute Gasteiger partial charge is 0.337 e. The number of carbonyl (C=O) groups excluding carboxylic acids is 1. The molecule has 0 aliphatic rings. The predicted octanol–water partition coefficient (Wildman–Crippen LogP) is 1.60. The second-order valence-corrected chi connectivity index (χ2v) is 3.61. The third kappa shape index (κ3) is 2.94. The van der Waals surface area contributed by atoms with Crippen LogP contribution in [0.15, 0.2) is 30.4 Å². The molecule has 94 valence electrons. The van der Waals surface area contributed by atoms with Gasteiger partial charge in [-0.05, 0) is 25.1 Å². The number of hydrogen-bond acceptors (Lipinski definition) is 3. The van der Waals surface area contributed by atoms with Crippen LogP contribution in [-0.4, -0.2) is 28.1 Å². The Morgan fingerprint density at radius 1 is 1.17 bits per heavy atom. The van der Waals surface area contributed by atoms with Crippen molar-refractivity contribution in [3.05, 3.63) is 41.5 Å². The minimum Gasteiger partial charge on any atom is -0.478 e. The lowest BCUT2D eigenvalue weighted by molar-refractivity contribution is -0.112. The first-order chi connectivity index (χ1) is 8.32. The molecule has 0 unspecified atom stereocenters. The van der Waals surface area contributed by atoms with Gasteiger partial charge in [0.05, 0.1) is 16.8 Å². The molecule has 0 aliphatic heterocycles. The number of carboxylic acids is 2. The fraction of sp³-hybridized carbons (Fsp3) is 0.0833. The monoisotopic (exact) mass is 249 g/mol. The Kier molecular flexibility index (Phi) is 3.83. The molecule has 0 bridgehead atoms. The molecule has 0 saturated heterocycles. The maximum Gasteiger partial charge on any atom is 0.337 e. The Morgan fingerprint density at radius 3 is 2.22 bits per heavy atom. The van der Waals surface area contributed by atoms with Crippen LogP contribution in [0.25, 0.3) is 0 Å². The second kappa shape index (κ2) is 5.13. The fourth-order valence-corrected chi connectivity index (χ4v) is 1.20. The van der Waals surface area contributed by atoms with E-state index in [1.807, 2.05) is 0 Å². The van der Waals surface area contributed by atoms with Gasteiger partial charge in [0, 0.05) is 5.57 Å². The third-order valence-corrected chi connectivity index (χ3v) is 2.13. The summed E-state index contributed by atoms with van der Waals surface area (Å²) in [4.78, 5) is 33.1. The Balaban J connectivity index is 3.23. The van der Waals surface area contributed by atoms with Crippen molar-refractivity contribution in [3.8, 4) is 0 Å². The molecule has 3 N–H and O–H groups in total. The van der Waals surface area contributed by atoms with Crippen LogP contribution < -0.4 is 5.32 Å². The van der Waals surface area contributed by atoms with Gasteiger partial charge in [-0.2, -0.15) is 0 Å². The van der Waals surface area contributed by atoms with Crippen molar-refractivity contribution in [2.24, 2.45) is 0 Å². The SMILES string of the molecule is C=C(C)C(=O)Nc1cc(C(=O)O)ccc1C(=O)O. The summed E-state index contributed by atoms with van der Waals surface area (Å²) in [7, 11) is 0. The van der Waals surface area contributed by atoms with E-state index in [2.05, 4.69) is 11.9 Å². The molecule has 6 nitrogen and oxygen atoms in total. The van der Waals surface area contributed by atoms with Gasteiger partial charge in [-0.25, -0.2) is 9.59 Å². The van der Waals surface area contributed by atoms with Gasteiger partial charge in [-0.15, -0.1) is 0 Å². The lowest BCUT2D eigenvalue weighted by Gasteiger charge is -2.09. The van der Waals surface area contributed by atoms with Gasteiger partial charge in [-0.3, -0.25) is 4.79 Å². The van der Waals surface area contributed by atoms with Crippen molar-refractivity contribution in [1.82, 2.24) is 0 Å². The molecule has 0 saturated carbocycles. The molecule has 0 atom stereocenters. The van der Waals surface area contributed by atoms with E-state index in [0.29, 0.717) is 0 Å². The maximum atomic E-state index is 11.4. The number of hydrogen-bond donors (Lipinski definition) is 3. The van der Waals surface area contributed by atoms with Crippen LogP contribution in [0, 0.1) is 0 Å². The van der Waals surface area contributed by atoms with E-state index in [-0.39, 0.29) is 22.4 Å². The quantitative estimate of drug-likeness (QED) is 0.703. The van der Waals surface area contributed by atoms with Crippen LogP contribution in [-0.2, 0) is 4.79 Å². The van der Waals surface area contributed by atoms with E-state index in [1.165, 1.54) is 6.92 Å². The van der Waals surface area contributed by atoms with Crippen molar-refractivity contribution in [1.29, 1.82) is 0 Å². The zero-order valence-corrected chi connectivity index (χ0v) is 9.56. The van der Waals surface area contributed by atoms with Gasteiger partial charge in [-0.1, -0.05) is 6.58 Å². The zero-order chi connectivity index (χ0) is 13.9. The number of carbonyl (C=O) groups is 3. The summed E-state index contributed by atoms with van der Waals surface area (Å²) in [6.45, 7) is 4.86. The molecular weight excluding hydrogens is 238 g/mol. The second-order valence-electron chi connectivity index (χ2n) is 3.61. The first kappa shape index (κ1) is 13.4. The normalized spacial score (nSPS) is 9.61. The molecule has 0 radical (unpaired) electrons. The van der Waals surface area contributed by atoms with E-state index >= 15 is 0 Å². The van der Waals surface area contributed by atoms with E-state index in [1.54, 1.807) is 0 Å². The topological polar surface area (TPSA) is 104 Å². The van der Waals surface area contributed by atoms with Crippen molar-refractivity contribution in [2.45, 2.75) is 6.92 Å². The average Bonchev–Trinajstić information content (AvgIpc) is 2.28. The summed E-state index contributed by atoms with van der Waals surface area (Å²) < 4.78 is 0. The van der Waals surface area contributed by atoms with Crippen LogP contribution in [0.1, 0.15) is 27.6 Å². The Morgan fingerprint density at radius 2 is 1.78 bits per heavy atom. The molecule has 1 aromatic rings. The largest absolute Gasteiger partial charge is 0.478 e. The standard InChI is InChI=1S/C12H11NO5/c1-6(2)10(14)13-9-5-7(11(15)16)3-4-8(9)12(17)18/h3-5H,1H2,2H3,(H,13,14)(H,15,16)(H,17,18). The molecule has 1 aromatic carbocycles. The summed E-state index contributed by atoms with van der Waals surface area (Å²) >= 11 is 0. The Hall–Kier alpha value is -2.63. The number of amides is 1. The lowest BCUT2D eigenvalue weighted by Crippen LogP contribution is -2.15. The molecule has 0 spiro atoms. The Labute approximate surface area is 103 Å². The van der Waals surface area contributed by atoms with Crippen molar-refractivity contribution in [3.63, 3.8) is 0 Å². The Bertz CT molecular complexity index is 547. The highest BCUT2D eigenvalue weighted by molar-refractivity contribution is 6.07. The van der Waals surface area contributed by atoms with Crippen molar-refractivity contribution >= 4 is 23.5 Å². The molecule has 6 heteroatoms. The van der Waals surface area contributed by atoms with Gasteiger partial charge >= 0.3 is 11.9 Å². The fourth-order valence-electron chi connectivity index (χ4n) is 1.20. The summed E-state index contributed by atoms with van der Waals surface area (Å²) in [6.07, 6.45) is 0. The predicted molar refractivity (Wildman–Crippen MR) is 63.8 cm³/mol. The maximum absolute atomic E-state index is 11.4. The third-order valence-electron chi connectivity index (χ3n) is 2.13. The van der Waals surface area contributed by atoms with Gasteiger partial charge < -0.3 is 15.5 Å². The molecule has 1 rings (SSSR count). The highest BCUT2D eigenvalue weighted by Crippen LogP contribution is 2.18. The molecule has 0 aliphatic carbocycles. The van der Waals surface area contributed by atoms with E-state index in [9.17, 15) is 14.4 Å². The van der Waals surface area contributed by atoms with E-state index in [4.69, 9.17) is 10.2 Å². The highest BCUT2D eigenvalue weighted by Gasteiger charge is 2.15. The minimum atomic E-state index is -1.26. The number of benzene rings is 1. The van der Waals surface area contributed by atoms with Crippen LogP contribution in [0.2, 0.25) is 0 Å². The van der Waals surface area contributed by atoms with Crippen LogP contribution >= 0.6 is 0 Å². The number of aromatic carboxylic acids is 2. The summed E-state index contributed by atoms with van der Waals surface area (Å²) in [5.41, 5.74) is -0.186. The first-order valence-corrected chi connectivity index (χ1v) is 4.90. The van der Waals surface area contributed by atoms with E-state index in [0.717, 1.165) is 18.2 Å². The first-order valence-electron chi connectivity index (χ1n) is 4.90. The molecule has 0 heterocycles. The summed E-state index contributed by atoms with van der Waals surface area (Å²) in [5.74, 6) is -3.04. The molecular formula is C12H11NO5. The number of rotatable bonds is 4.